The van der Waals surface area contributed by atoms with Crippen LogP contribution in [0.15, 0.2) is 66.9 Å². The van der Waals surface area contributed by atoms with Gasteiger partial charge in [0, 0.05) is 11.8 Å². The van der Waals surface area contributed by atoms with E-state index in [1.54, 1.807) is 6.20 Å². The number of nitrogens with one attached hydrogen (secondary N) is 1. The maximum absolute atomic E-state index is 12.3. The molecule has 6 nitrogen and oxygen atoms in total. The van der Waals surface area contributed by atoms with Gasteiger partial charge in [0.1, 0.15) is 5.75 Å². The van der Waals surface area contributed by atoms with Crippen LogP contribution >= 0.6 is 0 Å². The Labute approximate surface area is 181 Å². The highest BCUT2D eigenvalue weighted by Crippen LogP contribution is 2.23. The average molecular weight is 415 g/mol. The van der Waals surface area contributed by atoms with Crippen molar-refractivity contribution in [3.63, 3.8) is 0 Å². The van der Waals surface area contributed by atoms with Crippen LogP contribution in [0, 0.1) is 6.92 Å². The molecule has 31 heavy (non-hydrogen) atoms. The quantitative estimate of drug-likeness (QED) is 0.408. The first kappa shape index (κ1) is 20.6. The first-order valence-corrected chi connectivity index (χ1v) is 10.6. The van der Waals surface area contributed by atoms with E-state index in [2.05, 4.69) is 34.5 Å². The molecule has 0 radical (unpaired) electrons. The van der Waals surface area contributed by atoms with Crippen molar-refractivity contribution in [2.24, 2.45) is 0 Å². The van der Waals surface area contributed by atoms with Crippen molar-refractivity contribution in [1.29, 1.82) is 0 Å². The number of aromatic nitrogens is 3. The van der Waals surface area contributed by atoms with E-state index < -0.39 is 0 Å². The van der Waals surface area contributed by atoms with Gasteiger partial charge in [0.25, 0.3) is 0 Å². The molecule has 0 aliphatic rings. The molecule has 0 saturated carbocycles. The molecule has 4 rings (SSSR count). The van der Waals surface area contributed by atoms with E-state index in [9.17, 15) is 4.79 Å². The van der Waals surface area contributed by atoms with Crippen molar-refractivity contribution in [3.05, 3.63) is 78.1 Å². The zero-order valence-electron chi connectivity index (χ0n) is 17.8. The molecule has 0 bridgehead atoms. The minimum absolute atomic E-state index is 0.0563. The fourth-order valence-electron chi connectivity index (χ4n) is 3.43. The van der Waals surface area contributed by atoms with E-state index in [-0.39, 0.29) is 5.91 Å². The Morgan fingerprint density at radius 3 is 2.61 bits per heavy atom. The lowest BCUT2D eigenvalue weighted by molar-refractivity contribution is -0.116. The van der Waals surface area contributed by atoms with Gasteiger partial charge in [-0.2, -0.15) is 5.10 Å². The van der Waals surface area contributed by atoms with E-state index in [0.717, 1.165) is 34.6 Å². The third-order valence-corrected chi connectivity index (χ3v) is 5.14. The van der Waals surface area contributed by atoms with Gasteiger partial charge in [-0.1, -0.05) is 37.3 Å². The maximum Gasteiger partial charge on any atom is 0.224 e. The van der Waals surface area contributed by atoms with Crippen LogP contribution in [0.3, 0.4) is 0 Å². The van der Waals surface area contributed by atoms with Gasteiger partial charge in [0.05, 0.1) is 29.9 Å². The minimum Gasteiger partial charge on any atom is -0.494 e. The summed E-state index contributed by atoms with van der Waals surface area (Å²) >= 11 is 0. The average Bonchev–Trinajstić information content (AvgIpc) is 3.13. The molecule has 0 aliphatic heterocycles. The van der Waals surface area contributed by atoms with Crippen LogP contribution in [0.25, 0.3) is 16.7 Å². The highest BCUT2D eigenvalue weighted by atomic mass is 16.5. The van der Waals surface area contributed by atoms with Gasteiger partial charge in [0.2, 0.25) is 5.91 Å². The Morgan fingerprint density at radius 2 is 1.87 bits per heavy atom. The second-order valence-corrected chi connectivity index (χ2v) is 7.43. The lowest BCUT2D eigenvalue weighted by Gasteiger charge is -2.08. The number of rotatable bonds is 8. The van der Waals surface area contributed by atoms with Gasteiger partial charge < -0.3 is 10.1 Å². The summed E-state index contributed by atoms with van der Waals surface area (Å²) in [5.41, 5.74) is 4.54. The Morgan fingerprint density at radius 1 is 1.10 bits per heavy atom. The molecular weight excluding hydrogens is 388 g/mol. The topological polar surface area (TPSA) is 69.0 Å². The van der Waals surface area contributed by atoms with Gasteiger partial charge in [-0.25, -0.2) is 9.67 Å². The van der Waals surface area contributed by atoms with Crippen LogP contribution in [0.4, 0.5) is 5.69 Å². The number of hydrogen-bond acceptors (Lipinski definition) is 4. The summed E-state index contributed by atoms with van der Waals surface area (Å²) in [6, 6.07) is 19.9. The predicted molar refractivity (Wildman–Crippen MR) is 123 cm³/mol. The van der Waals surface area contributed by atoms with E-state index in [4.69, 9.17) is 4.74 Å². The third kappa shape index (κ3) is 4.91. The maximum atomic E-state index is 12.3. The van der Waals surface area contributed by atoms with Crippen molar-refractivity contribution >= 4 is 22.6 Å². The van der Waals surface area contributed by atoms with Crippen molar-refractivity contribution in [1.82, 2.24) is 14.8 Å². The summed E-state index contributed by atoms with van der Waals surface area (Å²) in [4.78, 5) is 16.9. The molecule has 158 valence electrons. The highest BCUT2D eigenvalue weighted by Gasteiger charge is 2.12. The number of fused-ring (bicyclic) bond motifs is 1. The molecule has 0 atom stereocenters. The van der Waals surface area contributed by atoms with Gasteiger partial charge in [-0.05, 0) is 55.7 Å². The molecule has 0 spiro atoms. The van der Waals surface area contributed by atoms with Crippen molar-refractivity contribution in [3.8, 4) is 11.4 Å². The van der Waals surface area contributed by atoms with E-state index in [0.29, 0.717) is 25.1 Å². The summed E-state index contributed by atoms with van der Waals surface area (Å²) < 4.78 is 7.54. The van der Waals surface area contributed by atoms with E-state index >= 15 is 0 Å². The standard InChI is InChI=1S/C25H26N4O2/c1-3-19-11-13-22(14-12-19)31-15-7-10-24(30)27-20-16-23-18(2)28-29(25(23)26-17-20)21-8-5-4-6-9-21/h4-6,8-9,11-14,16-17H,3,7,10,15H2,1-2H3,(H,27,30). The summed E-state index contributed by atoms with van der Waals surface area (Å²) in [7, 11) is 0. The minimum atomic E-state index is -0.0563. The Bertz CT molecular complexity index is 1170. The second-order valence-electron chi connectivity index (χ2n) is 7.43. The van der Waals surface area contributed by atoms with Gasteiger partial charge in [0.15, 0.2) is 5.65 Å². The number of aryl methyl sites for hydroxylation is 2. The number of benzene rings is 2. The molecule has 1 N–H and O–H groups in total. The SMILES string of the molecule is CCc1ccc(OCCCC(=O)Nc2cnc3c(c2)c(C)nn3-c2ccccc2)cc1. The van der Waals surface area contributed by atoms with Crippen LogP contribution in [0.1, 0.15) is 31.0 Å². The number of carbonyl (C=O) groups is 1. The van der Waals surface area contributed by atoms with E-state index in [1.165, 1.54) is 5.56 Å². The molecule has 4 aromatic rings. The summed E-state index contributed by atoms with van der Waals surface area (Å²) in [6.07, 6.45) is 3.70. The molecule has 0 saturated heterocycles. The number of nitrogens with zero attached hydrogens (tertiary/aromatic N) is 3. The number of amides is 1. The summed E-state index contributed by atoms with van der Waals surface area (Å²) in [6.45, 7) is 4.57. The Hall–Kier alpha value is -3.67. The fourth-order valence-corrected chi connectivity index (χ4v) is 3.43. The van der Waals surface area contributed by atoms with Crippen LogP contribution in [-0.4, -0.2) is 27.3 Å². The molecule has 2 aromatic heterocycles. The summed E-state index contributed by atoms with van der Waals surface area (Å²) in [5.74, 6) is 0.775. The van der Waals surface area contributed by atoms with Gasteiger partial charge in [-0.15, -0.1) is 0 Å². The number of carbonyl (C=O) groups excluding carboxylic acids is 1. The number of para-hydroxylation sites is 1. The second kappa shape index (κ2) is 9.43. The number of pyridine rings is 1. The fraction of sp³-hybridized carbons (Fsp3) is 0.240. The molecule has 6 heteroatoms. The van der Waals surface area contributed by atoms with Crippen molar-refractivity contribution < 1.29 is 9.53 Å². The first-order chi connectivity index (χ1) is 15.1. The number of anilines is 1. The molecule has 2 aromatic carbocycles. The van der Waals surface area contributed by atoms with Crippen LogP contribution in [0.2, 0.25) is 0 Å². The molecule has 1 amide bonds. The largest absolute Gasteiger partial charge is 0.494 e. The van der Waals surface area contributed by atoms with Crippen molar-refractivity contribution in [2.75, 3.05) is 11.9 Å². The predicted octanol–water partition coefficient (Wildman–Crippen LogP) is 5.09. The highest BCUT2D eigenvalue weighted by molar-refractivity contribution is 5.93. The van der Waals surface area contributed by atoms with Gasteiger partial charge in [-0.3, -0.25) is 4.79 Å². The first-order valence-electron chi connectivity index (χ1n) is 10.6. The Balaban J connectivity index is 1.34. The number of ether oxygens (including phenoxy) is 1. The van der Waals surface area contributed by atoms with E-state index in [1.807, 2.05) is 60.1 Å². The normalized spacial score (nSPS) is 10.9. The lowest BCUT2D eigenvalue weighted by atomic mass is 10.2. The third-order valence-electron chi connectivity index (χ3n) is 5.14. The zero-order valence-corrected chi connectivity index (χ0v) is 17.8. The molecule has 0 aliphatic carbocycles. The monoisotopic (exact) mass is 414 g/mol. The Kier molecular flexibility index (Phi) is 6.26. The number of hydrogen-bond donors (Lipinski definition) is 1. The molecular formula is C25H26N4O2. The van der Waals surface area contributed by atoms with Crippen LogP contribution < -0.4 is 10.1 Å². The lowest BCUT2D eigenvalue weighted by Crippen LogP contribution is -2.13. The molecule has 0 fully saturated rings. The van der Waals surface area contributed by atoms with Gasteiger partial charge >= 0.3 is 0 Å². The molecule has 0 unspecified atom stereocenters. The van der Waals surface area contributed by atoms with Crippen LogP contribution in [0.5, 0.6) is 5.75 Å². The molecule has 2 heterocycles. The zero-order chi connectivity index (χ0) is 21.6. The smallest absolute Gasteiger partial charge is 0.224 e. The van der Waals surface area contributed by atoms with Crippen molar-refractivity contribution in [2.45, 2.75) is 33.1 Å². The summed E-state index contributed by atoms with van der Waals surface area (Å²) in [5, 5.41) is 8.45. The van der Waals surface area contributed by atoms with Crippen LogP contribution in [-0.2, 0) is 11.2 Å².